The Morgan fingerprint density at radius 2 is 2.17 bits per heavy atom. The number of nitrogens with two attached hydrogens (primary N) is 1. The Morgan fingerprint density at radius 3 is 2.83 bits per heavy atom. The highest BCUT2D eigenvalue weighted by atomic mass is 35.5. The number of piperazine rings is 1. The van der Waals surface area contributed by atoms with Crippen LogP contribution in [0.1, 0.15) is 15.9 Å². The molecule has 0 bridgehead atoms. The average Bonchev–Trinajstić information content (AvgIpc) is 2.31. The number of halogens is 1. The number of benzene rings is 1. The third kappa shape index (κ3) is 2.92. The summed E-state index contributed by atoms with van der Waals surface area (Å²) in [5.41, 5.74) is 7.67. The van der Waals surface area contributed by atoms with Gasteiger partial charge in [0.2, 0.25) is 5.91 Å². The van der Waals surface area contributed by atoms with E-state index in [0.717, 1.165) is 5.56 Å². The zero-order valence-electron chi connectivity index (χ0n) is 10.1. The third-order valence-corrected chi connectivity index (χ3v) is 2.82. The maximum absolute atomic E-state index is 12.2. The Balaban J connectivity index is 0.00000162. The number of nitrogen functional groups attached to an aromatic ring is 1. The topological polar surface area (TPSA) is 75.4 Å². The van der Waals surface area contributed by atoms with Gasteiger partial charge in [0.15, 0.2) is 0 Å². The van der Waals surface area contributed by atoms with E-state index in [2.05, 4.69) is 5.32 Å². The molecule has 0 aliphatic carbocycles. The van der Waals surface area contributed by atoms with Crippen molar-refractivity contribution in [3.63, 3.8) is 0 Å². The van der Waals surface area contributed by atoms with Gasteiger partial charge in [0, 0.05) is 24.3 Å². The van der Waals surface area contributed by atoms with Gasteiger partial charge in [-0.1, -0.05) is 6.07 Å². The van der Waals surface area contributed by atoms with Gasteiger partial charge >= 0.3 is 0 Å². The molecule has 1 aliphatic rings. The summed E-state index contributed by atoms with van der Waals surface area (Å²) in [6.45, 7) is 3.02. The Kier molecular flexibility index (Phi) is 4.55. The van der Waals surface area contributed by atoms with Gasteiger partial charge in [-0.15, -0.1) is 12.4 Å². The fourth-order valence-electron chi connectivity index (χ4n) is 1.85. The van der Waals surface area contributed by atoms with Crippen LogP contribution in [0.4, 0.5) is 5.69 Å². The van der Waals surface area contributed by atoms with Crippen molar-refractivity contribution in [1.82, 2.24) is 10.2 Å². The van der Waals surface area contributed by atoms with E-state index in [0.29, 0.717) is 24.3 Å². The first-order chi connectivity index (χ1) is 8.08. The minimum atomic E-state index is -0.135. The molecule has 1 fully saturated rings. The molecule has 98 valence electrons. The number of carbonyl (C=O) groups is 2. The van der Waals surface area contributed by atoms with Gasteiger partial charge in [-0.3, -0.25) is 9.59 Å². The minimum absolute atomic E-state index is 0. The van der Waals surface area contributed by atoms with Crippen molar-refractivity contribution in [2.45, 2.75) is 6.92 Å². The van der Waals surface area contributed by atoms with E-state index in [9.17, 15) is 9.59 Å². The molecule has 5 nitrogen and oxygen atoms in total. The summed E-state index contributed by atoms with van der Waals surface area (Å²) < 4.78 is 0. The highest BCUT2D eigenvalue weighted by Crippen LogP contribution is 2.15. The van der Waals surface area contributed by atoms with Gasteiger partial charge < -0.3 is 16.0 Å². The fraction of sp³-hybridized carbons (Fsp3) is 0.333. The van der Waals surface area contributed by atoms with Crippen LogP contribution in [0.15, 0.2) is 18.2 Å². The van der Waals surface area contributed by atoms with Crippen molar-refractivity contribution in [2.75, 3.05) is 25.4 Å². The molecule has 0 unspecified atom stereocenters. The quantitative estimate of drug-likeness (QED) is 0.732. The summed E-state index contributed by atoms with van der Waals surface area (Å²) in [5.74, 6) is -0.254. The van der Waals surface area contributed by atoms with Crippen LogP contribution in [0.3, 0.4) is 0 Å². The van der Waals surface area contributed by atoms with E-state index >= 15 is 0 Å². The largest absolute Gasteiger partial charge is 0.399 e. The molecule has 1 aromatic carbocycles. The second-order valence-electron chi connectivity index (χ2n) is 4.15. The molecule has 3 N–H and O–H groups in total. The van der Waals surface area contributed by atoms with E-state index in [-0.39, 0.29) is 30.8 Å². The van der Waals surface area contributed by atoms with Crippen LogP contribution in [0.25, 0.3) is 0 Å². The second-order valence-corrected chi connectivity index (χ2v) is 4.15. The monoisotopic (exact) mass is 269 g/mol. The Hall–Kier alpha value is -1.75. The predicted octanol–water partition coefficient (Wildman–Crippen LogP) is 0.571. The van der Waals surface area contributed by atoms with Crippen molar-refractivity contribution in [3.05, 3.63) is 29.3 Å². The first kappa shape index (κ1) is 14.3. The van der Waals surface area contributed by atoms with Gasteiger partial charge in [-0.05, 0) is 24.6 Å². The van der Waals surface area contributed by atoms with Crippen LogP contribution in [-0.2, 0) is 4.79 Å². The molecule has 1 saturated heterocycles. The molecule has 0 saturated carbocycles. The molecule has 0 aromatic heterocycles. The predicted molar refractivity (Wildman–Crippen MR) is 71.8 cm³/mol. The first-order valence-electron chi connectivity index (χ1n) is 5.50. The van der Waals surface area contributed by atoms with Crippen LogP contribution in [0.5, 0.6) is 0 Å². The fourth-order valence-corrected chi connectivity index (χ4v) is 1.85. The summed E-state index contributed by atoms with van der Waals surface area (Å²) in [4.78, 5) is 25.0. The summed E-state index contributed by atoms with van der Waals surface area (Å²) in [6, 6.07) is 5.23. The highest BCUT2D eigenvalue weighted by Gasteiger charge is 2.23. The number of hydrogen-bond acceptors (Lipinski definition) is 3. The van der Waals surface area contributed by atoms with Crippen LogP contribution in [0.2, 0.25) is 0 Å². The van der Waals surface area contributed by atoms with E-state index in [1.165, 1.54) is 0 Å². The van der Waals surface area contributed by atoms with Crippen molar-refractivity contribution in [2.24, 2.45) is 0 Å². The Morgan fingerprint density at radius 1 is 1.44 bits per heavy atom. The van der Waals surface area contributed by atoms with Crippen molar-refractivity contribution >= 4 is 29.9 Å². The molecular weight excluding hydrogens is 254 g/mol. The number of hydrogen-bond donors (Lipinski definition) is 2. The van der Waals surface area contributed by atoms with E-state index in [1.54, 1.807) is 17.0 Å². The van der Waals surface area contributed by atoms with Gasteiger partial charge in [-0.25, -0.2) is 0 Å². The molecule has 1 heterocycles. The van der Waals surface area contributed by atoms with Crippen molar-refractivity contribution < 1.29 is 9.59 Å². The van der Waals surface area contributed by atoms with E-state index in [4.69, 9.17) is 5.73 Å². The number of nitrogens with zero attached hydrogens (tertiary/aromatic N) is 1. The highest BCUT2D eigenvalue weighted by molar-refractivity contribution is 5.98. The van der Waals surface area contributed by atoms with Crippen LogP contribution < -0.4 is 11.1 Å². The van der Waals surface area contributed by atoms with E-state index < -0.39 is 0 Å². The van der Waals surface area contributed by atoms with Gasteiger partial charge in [0.1, 0.15) is 0 Å². The number of amides is 2. The standard InChI is InChI=1S/C12H15N3O2.ClH/c1-8-2-3-9(13)6-10(8)12(17)15-5-4-14-11(16)7-15;/h2-3,6H,4-5,7,13H2,1H3,(H,14,16);1H. The van der Waals surface area contributed by atoms with Gasteiger partial charge in [0.25, 0.3) is 5.91 Å². The molecule has 0 spiro atoms. The van der Waals surface area contributed by atoms with Gasteiger partial charge in [0.05, 0.1) is 6.54 Å². The molecular formula is C12H16ClN3O2. The van der Waals surface area contributed by atoms with Crippen molar-refractivity contribution in [1.29, 1.82) is 0 Å². The number of carbonyl (C=O) groups excluding carboxylic acids is 2. The molecule has 1 aromatic rings. The zero-order chi connectivity index (χ0) is 12.4. The summed E-state index contributed by atoms with van der Waals surface area (Å²) in [6.07, 6.45) is 0. The van der Waals surface area contributed by atoms with Crippen molar-refractivity contribution in [3.8, 4) is 0 Å². The smallest absolute Gasteiger partial charge is 0.254 e. The summed E-state index contributed by atoms with van der Waals surface area (Å²) >= 11 is 0. The molecule has 6 heteroatoms. The maximum atomic E-state index is 12.2. The van der Waals surface area contributed by atoms with Crippen LogP contribution in [0, 0.1) is 6.92 Å². The maximum Gasteiger partial charge on any atom is 0.254 e. The molecule has 1 aliphatic heterocycles. The summed E-state index contributed by atoms with van der Waals surface area (Å²) in [7, 11) is 0. The lowest BCUT2D eigenvalue weighted by atomic mass is 10.1. The normalized spacial score (nSPS) is 14.7. The number of aryl methyl sites for hydroxylation is 1. The van der Waals surface area contributed by atoms with Gasteiger partial charge in [-0.2, -0.15) is 0 Å². The SMILES string of the molecule is Cc1ccc(N)cc1C(=O)N1CCNC(=O)C1.Cl. The number of nitrogens with one attached hydrogen (secondary N) is 1. The van der Waals surface area contributed by atoms with Crippen LogP contribution >= 0.6 is 12.4 Å². The first-order valence-corrected chi connectivity index (χ1v) is 5.50. The molecule has 2 rings (SSSR count). The lowest BCUT2D eigenvalue weighted by Crippen LogP contribution is -2.50. The lowest BCUT2D eigenvalue weighted by molar-refractivity contribution is -0.123. The summed E-state index contributed by atoms with van der Waals surface area (Å²) in [5, 5.41) is 2.69. The molecule has 2 amide bonds. The second kappa shape index (κ2) is 5.73. The Bertz CT molecular complexity index is 476. The molecule has 0 radical (unpaired) electrons. The Labute approximate surface area is 112 Å². The molecule has 18 heavy (non-hydrogen) atoms. The molecule has 0 atom stereocenters. The number of anilines is 1. The van der Waals surface area contributed by atoms with E-state index in [1.807, 2.05) is 13.0 Å². The van der Waals surface area contributed by atoms with Crippen LogP contribution in [-0.4, -0.2) is 36.3 Å². The number of rotatable bonds is 1. The minimum Gasteiger partial charge on any atom is -0.399 e. The lowest BCUT2D eigenvalue weighted by Gasteiger charge is -2.27. The third-order valence-electron chi connectivity index (χ3n) is 2.82. The zero-order valence-corrected chi connectivity index (χ0v) is 10.9. The average molecular weight is 270 g/mol.